The summed E-state index contributed by atoms with van der Waals surface area (Å²) in [7, 11) is 0. The van der Waals surface area contributed by atoms with Gasteiger partial charge in [0.15, 0.2) is 0 Å². The third-order valence-corrected chi connectivity index (χ3v) is 3.68. The maximum Gasteiger partial charge on any atom is 0.104 e. The van der Waals surface area contributed by atoms with Gasteiger partial charge in [0.2, 0.25) is 0 Å². The van der Waals surface area contributed by atoms with Gasteiger partial charge in [-0.25, -0.2) is 0 Å². The van der Waals surface area contributed by atoms with E-state index in [2.05, 4.69) is 22.0 Å². The number of benzene rings is 1. The maximum absolute atomic E-state index is 6.19. The van der Waals surface area contributed by atoms with Crippen molar-refractivity contribution in [1.29, 1.82) is 0 Å². The quantitative estimate of drug-likeness (QED) is 0.749. The molecule has 1 aromatic carbocycles. The van der Waals surface area contributed by atoms with Crippen LogP contribution >= 0.6 is 27.5 Å². The second kappa shape index (κ2) is 5.55. The molecule has 0 saturated carbocycles. The molecule has 0 spiro atoms. The van der Waals surface area contributed by atoms with Crippen LogP contribution in [0.4, 0.5) is 0 Å². The molecule has 0 bridgehead atoms. The first kappa shape index (κ1) is 11.7. The van der Waals surface area contributed by atoms with Crippen LogP contribution in [-0.4, -0.2) is 5.33 Å². The summed E-state index contributed by atoms with van der Waals surface area (Å²) in [4.78, 5) is 0. The first-order chi connectivity index (χ1) is 7.81. The van der Waals surface area contributed by atoms with Gasteiger partial charge in [0.05, 0.1) is 6.26 Å². The third-order valence-electron chi connectivity index (χ3n) is 2.56. The highest BCUT2D eigenvalue weighted by atomic mass is 79.9. The minimum absolute atomic E-state index is 0.347. The molecule has 1 nitrogen and oxygen atoms in total. The second-order valence-electron chi connectivity index (χ2n) is 3.66. The van der Waals surface area contributed by atoms with Crippen molar-refractivity contribution in [2.75, 3.05) is 5.33 Å². The summed E-state index contributed by atoms with van der Waals surface area (Å²) in [6.07, 6.45) is 2.56. The smallest absolute Gasteiger partial charge is 0.104 e. The average Bonchev–Trinajstić information content (AvgIpc) is 2.80. The van der Waals surface area contributed by atoms with Crippen molar-refractivity contribution >= 4 is 27.5 Å². The van der Waals surface area contributed by atoms with Gasteiger partial charge in [0.1, 0.15) is 5.76 Å². The Morgan fingerprint density at radius 1 is 1.19 bits per heavy atom. The van der Waals surface area contributed by atoms with Gasteiger partial charge < -0.3 is 4.42 Å². The molecule has 2 aromatic rings. The lowest BCUT2D eigenvalue weighted by molar-refractivity contribution is 0.494. The molecular formula is C13H12BrClO. The van der Waals surface area contributed by atoms with E-state index in [0.29, 0.717) is 5.92 Å². The van der Waals surface area contributed by atoms with Crippen LogP contribution < -0.4 is 0 Å². The van der Waals surface area contributed by atoms with Crippen LogP contribution in [0, 0.1) is 0 Å². The van der Waals surface area contributed by atoms with Gasteiger partial charge in [0.25, 0.3) is 0 Å². The number of halogens is 2. The van der Waals surface area contributed by atoms with E-state index in [1.807, 2.05) is 30.3 Å². The number of furan rings is 1. The zero-order valence-corrected chi connectivity index (χ0v) is 11.0. The van der Waals surface area contributed by atoms with Gasteiger partial charge in [-0.3, -0.25) is 0 Å². The molecule has 84 valence electrons. The Labute approximate surface area is 109 Å². The van der Waals surface area contributed by atoms with Gasteiger partial charge in [-0.2, -0.15) is 0 Å². The van der Waals surface area contributed by atoms with Crippen LogP contribution in [-0.2, 0) is 6.42 Å². The fourth-order valence-electron chi connectivity index (χ4n) is 1.73. The molecule has 1 heterocycles. The highest BCUT2D eigenvalue weighted by Gasteiger charge is 2.15. The van der Waals surface area contributed by atoms with E-state index in [4.69, 9.17) is 16.0 Å². The van der Waals surface area contributed by atoms with Crippen molar-refractivity contribution in [3.8, 4) is 0 Å². The molecule has 0 amide bonds. The highest BCUT2D eigenvalue weighted by Crippen LogP contribution is 2.28. The summed E-state index contributed by atoms with van der Waals surface area (Å²) < 4.78 is 5.36. The van der Waals surface area contributed by atoms with Crippen molar-refractivity contribution < 1.29 is 4.42 Å². The van der Waals surface area contributed by atoms with Crippen LogP contribution in [0.5, 0.6) is 0 Å². The van der Waals surface area contributed by atoms with Crippen LogP contribution in [0.2, 0.25) is 5.02 Å². The second-order valence-corrected chi connectivity index (χ2v) is 4.71. The zero-order chi connectivity index (χ0) is 11.4. The standard InChI is InChI=1S/C13H12BrClO/c14-9-10(8-11-4-3-7-16-11)12-5-1-2-6-13(12)15/h1-7,10H,8-9H2. The Balaban J connectivity index is 2.20. The van der Waals surface area contributed by atoms with E-state index in [1.54, 1.807) is 6.26 Å². The molecule has 0 aliphatic carbocycles. The van der Waals surface area contributed by atoms with Crippen molar-refractivity contribution in [3.63, 3.8) is 0 Å². The topological polar surface area (TPSA) is 13.1 Å². The Morgan fingerprint density at radius 3 is 2.62 bits per heavy atom. The lowest BCUT2D eigenvalue weighted by Crippen LogP contribution is -2.04. The molecule has 0 N–H and O–H groups in total. The summed E-state index contributed by atoms with van der Waals surface area (Å²) in [5, 5.41) is 1.69. The number of hydrogen-bond donors (Lipinski definition) is 0. The van der Waals surface area contributed by atoms with Crippen LogP contribution in [0.1, 0.15) is 17.2 Å². The Kier molecular flexibility index (Phi) is 4.08. The van der Waals surface area contributed by atoms with Crippen molar-refractivity contribution in [3.05, 3.63) is 59.0 Å². The number of rotatable bonds is 4. The summed E-state index contributed by atoms with van der Waals surface area (Å²) >= 11 is 9.72. The highest BCUT2D eigenvalue weighted by molar-refractivity contribution is 9.09. The predicted molar refractivity (Wildman–Crippen MR) is 70.4 cm³/mol. The van der Waals surface area contributed by atoms with Gasteiger partial charge in [0, 0.05) is 22.7 Å². The van der Waals surface area contributed by atoms with Gasteiger partial charge in [-0.1, -0.05) is 45.7 Å². The molecule has 0 aliphatic rings. The monoisotopic (exact) mass is 298 g/mol. The predicted octanol–water partition coefficient (Wildman–Crippen LogP) is 4.65. The molecule has 2 rings (SSSR count). The molecule has 1 atom stereocenters. The molecule has 0 saturated heterocycles. The lowest BCUT2D eigenvalue weighted by Gasteiger charge is -2.14. The van der Waals surface area contributed by atoms with Gasteiger partial charge >= 0.3 is 0 Å². The van der Waals surface area contributed by atoms with Gasteiger partial charge in [-0.05, 0) is 23.8 Å². The molecule has 0 aliphatic heterocycles. The van der Waals surface area contributed by atoms with Crippen molar-refractivity contribution in [2.45, 2.75) is 12.3 Å². The van der Waals surface area contributed by atoms with E-state index in [1.165, 1.54) is 0 Å². The first-order valence-corrected chi connectivity index (χ1v) is 6.64. The summed E-state index contributed by atoms with van der Waals surface area (Å²) in [5.74, 6) is 1.34. The summed E-state index contributed by atoms with van der Waals surface area (Å²) in [6.45, 7) is 0. The van der Waals surface area contributed by atoms with E-state index >= 15 is 0 Å². The lowest BCUT2D eigenvalue weighted by atomic mass is 9.96. The average molecular weight is 300 g/mol. The van der Waals surface area contributed by atoms with Crippen molar-refractivity contribution in [1.82, 2.24) is 0 Å². The van der Waals surface area contributed by atoms with E-state index in [0.717, 1.165) is 28.1 Å². The maximum atomic E-state index is 6.19. The molecular weight excluding hydrogens is 287 g/mol. The van der Waals surface area contributed by atoms with E-state index in [-0.39, 0.29) is 0 Å². The minimum atomic E-state index is 0.347. The SMILES string of the molecule is Clc1ccccc1C(CBr)Cc1ccco1. The fourth-order valence-corrected chi connectivity index (χ4v) is 2.59. The number of alkyl halides is 1. The van der Waals surface area contributed by atoms with Crippen LogP contribution in [0.25, 0.3) is 0 Å². The molecule has 1 unspecified atom stereocenters. The normalized spacial score (nSPS) is 12.6. The summed E-state index contributed by atoms with van der Waals surface area (Å²) in [5.41, 5.74) is 1.16. The largest absolute Gasteiger partial charge is 0.469 e. The fraction of sp³-hybridized carbons (Fsp3) is 0.231. The Morgan fingerprint density at radius 2 is 2.00 bits per heavy atom. The molecule has 3 heteroatoms. The van der Waals surface area contributed by atoms with E-state index in [9.17, 15) is 0 Å². The summed E-state index contributed by atoms with van der Waals surface area (Å²) in [6, 6.07) is 11.9. The van der Waals surface area contributed by atoms with E-state index < -0.39 is 0 Å². The molecule has 0 fully saturated rings. The Hall–Kier alpha value is -0.730. The zero-order valence-electron chi connectivity index (χ0n) is 8.70. The first-order valence-electron chi connectivity index (χ1n) is 5.14. The molecule has 16 heavy (non-hydrogen) atoms. The van der Waals surface area contributed by atoms with Crippen LogP contribution in [0.3, 0.4) is 0 Å². The van der Waals surface area contributed by atoms with Crippen molar-refractivity contribution in [2.24, 2.45) is 0 Å². The Bertz CT molecular complexity index is 439. The third kappa shape index (κ3) is 2.69. The molecule has 0 radical (unpaired) electrons. The number of hydrogen-bond acceptors (Lipinski definition) is 1. The van der Waals surface area contributed by atoms with Gasteiger partial charge in [-0.15, -0.1) is 0 Å². The van der Waals surface area contributed by atoms with Crippen LogP contribution in [0.15, 0.2) is 47.1 Å². The molecule has 1 aromatic heterocycles. The minimum Gasteiger partial charge on any atom is -0.469 e.